The van der Waals surface area contributed by atoms with Gasteiger partial charge in [0, 0.05) is 18.1 Å². The maximum absolute atomic E-state index is 11.5. The molecule has 1 N–H and O–H groups in total. The van der Waals surface area contributed by atoms with Gasteiger partial charge in [-0.2, -0.15) is 11.8 Å². The van der Waals surface area contributed by atoms with Crippen molar-refractivity contribution in [3.8, 4) is 5.75 Å². The molecule has 0 saturated carbocycles. The third kappa shape index (κ3) is 8.10. The van der Waals surface area contributed by atoms with Gasteiger partial charge >= 0.3 is 5.97 Å². The van der Waals surface area contributed by atoms with Crippen LogP contribution in [0.5, 0.6) is 5.75 Å². The molecule has 0 spiro atoms. The number of rotatable bonds is 10. The topological polar surface area (TPSA) is 49.8 Å². The molecule has 174 valence electrons. The number of hydrogen-bond donors (Lipinski definition) is 1. The Morgan fingerprint density at radius 3 is 2.81 bits per heavy atom. The first-order valence-corrected chi connectivity index (χ1v) is 12.7. The van der Waals surface area contributed by atoms with E-state index >= 15 is 0 Å². The monoisotopic (exact) mass is 475 g/mol. The molecular weight excluding hydrogens is 442 g/mol. The second-order valence-corrected chi connectivity index (χ2v) is 9.25. The molecule has 32 heavy (non-hydrogen) atoms. The molecule has 1 heterocycles. The number of anilines is 1. The van der Waals surface area contributed by atoms with Gasteiger partial charge < -0.3 is 14.7 Å². The van der Waals surface area contributed by atoms with Crippen molar-refractivity contribution in [1.29, 1.82) is 0 Å². The summed E-state index contributed by atoms with van der Waals surface area (Å²) in [5.74, 6) is 0.831. The van der Waals surface area contributed by atoms with Gasteiger partial charge in [0.25, 0.3) is 0 Å². The molecule has 0 fully saturated rings. The summed E-state index contributed by atoms with van der Waals surface area (Å²) in [7, 11) is 0. The third-order valence-corrected chi connectivity index (χ3v) is 6.55. The number of halogens is 1. The van der Waals surface area contributed by atoms with Crippen LogP contribution in [0.25, 0.3) is 0 Å². The van der Waals surface area contributed by atoms with Crippen LogP contribution < -0.4 is 9.64 Å². The highest BCUT2D eigenvalue weighted by molar-refractivity contribution is 7.99. The summed E-state index contributed by atoms with van der Waals surface area (Å²) in [4.78, 5) is 13.7. The molecule has 0 unspecified atom stereocenters. The summed E-state index contributed by atoms with van der Waals surface area (Å²) in [5.41, 5.74) is 2.41. The van der Waals surface area contributed by atoms with Crippen LogP contribution in [0.1, 0.15) is 49.0 Å². The number of ether oxygens (including phenoxy) is 1. The molecule has 1 aliphatic rings. The first-order valence-electron chi connectivity index (χ1n) is 11.3. The molecule has 0 saturated heterocycles. The van der Waals surface area contributed by atoms with Crippen LogP contribution in [0, 0.1) is 0 Å². The van der Waals surface area contributed by atoms with Crippen molar-refractivity contribution >= 4 is 35.0 Å². The van der Waals surface area contributed by atoms with Crippen LogP contribution in [-0.2, 0) is 6.42 Å². The van der Waals surface area contributed by atoms with E-state index in [2.05, 4.69) is 17.5 Å². The van der Waals surface area contributed by atoms with Gasteiger partial charge in [-0.3, -0.25) is 0 Å². The van der Waals surface area contributed by atoms with Crippen molar-refractivity contribution in [3.63, 3.8) is 0 Å². The number of aryl methyl sites for hydroxylation is 1. The summed E-state index contributed by atoms with van der Waals surface area (Å²) >= 11 is 7.99. The Morgan fingerprint density at radius 1 is 1.28 bits per heavy atom. The van der Waals surface area contributed by atoms with Gasteiger partial charge in [0.15, 0.2) is 0 Å². The average Bonchev–Trinajstić information content (AvgIpc) is 2.97. The number of hydrogen-bond acceptors (Lipinski definition) is 4. The number of thioether (sulfide) groups is 1. The lowest BCUT2D eigenvalue weighted by Gasteiger charge is -2.26. The fourth-order valence-electron chi connectivity index (χ4n) is 3.54. The molecule has 1 aliphatic heterocycles. The van der Waals surface area contributed by atoms with Crippen LogP contribution >= 0.6 is 23.4 Å². The van der Waals surface area contributed by atoms with Crippen LogP contribution in [0.2, 0.25) is 5.02 Å². The maximum Gasteiger partial charge on any atom is 0.335 e. The van der Waals surface area contributed by atoms with Crippen LogP contribution in [0.4, 0.5) is 5.69 Å². The number of aromatic carboxylic acids is 1. The Balaban J connectivity index is 0.00000176. The van der Waals surface area contributed by atoms with Crippen molar-refractivity contribution in [3.05, 3.63) is 71.3 Å². The summed E-state index contributed by atoms with van der Waals surface area (Å²) in [6.45, 7) is 10.1. The molecule has 0 aromatic heterocycles. The van der Waals surface area contributed by atoms with Gasteiger partial charge in [0.05, 0.1) is 16.5 Å². The van der Waals surface area contributed by atoms with Gasteiger partial charge in [-0.15, -0.1) is 6.58 Å². The van der Waals surface area contributed by atoms with E-state index in [-0.39, 0.29) is 0 Å². The largest absolute Gasteiger partial charge is 0.490 e. The van der Waals surface area contributed by atoms with Gasteiger partial charge in [-0.1, -0.05) is 43.7 Å². The van der Waals surface area contributed by atoms with E-state index in [1.54, 1.807) is 18.2 Å². The first kappa shape index (κ1) is 26.1. The van der Waals surface area contributed by atoms with E-state index in [9.17, 15) is 9.90 Å². The standard InChI is InChI=1S/C24H28ClNO3S.C2H6/c1-2-3-4-5-12-26-16-21(30-13-11-18-7-6-8-20(25)14-18)17-29-23-10-9-19(24(27)28)15-22(23)26;1-2/h2,6-10,14-15,21H,1,3-5,11-13,16-17H2,(H,27,28);1-2H3/t21-;/m1./s1. The molecule has 2 aromatic carbocycles. The molecule has 0 aliphatic carbocycles. The number of allylic oxidation sites excluding steroid dienone is 1. The SMILES string of the molecule is C=CCCCCN1C[C@@H](SCCc2cccc(Cl)c2)COc2ccc(C(=O)O)cc21.CC. The predicted molar refractivity (Wildman–Crippen MR) is 138 cm³/mol. The van der Waals surface area contributed by atoms with Gasteiger partial charge in [-0.25, -0.2) is 4.79 Å². The summed E-state index contributed by atoms with van der Waals surface area (Å²) < 4.78 is 6.08. The van der Waals surface area contributed by atoms with E-state index in [1.807, 2.05) is 49.9 Å². The summed E-state index contributed by atoms with van der Waals surface area (Å²) in [5, 5.41) is 10.5. The highest BCUT2D eigenvalue weighted by atomic mass is 35.5. The van der Waals surface area contributed by atoms with Gasteiger partial charge in [-0.05, 0) is 67.3 Å². The zero-order valence-electron chi connectivity index (χ0n) is 19.1. The number of fused-ring (bicyclic) bond motifs is 1. The van der Waals surface area contributed by atoms with Crippen LogP contribution in [-0.4, -0.2) is 41.8 Å². The molecule has 1 atom stereocenters. The fourth-order valence-corrected chi connectivity index (χ4v) is 4.89. The van der Waals surface area contributed by atoms with E-state index in [0.717, 1.165) is 61.0 Å². The van der Waals surface area contributed by atoms with Crippen molar-refractivity contribution in [1.82, 2.24) is 0 Å². The van der Waals surface area contributed by atoms with Crippen LogP contribution in [0.3, 0.4) is 0 Å². The van der Waals surface area contributed by atoms with Crippen molar-refractivity contribution < 1.29 is 14.6 Å². The third-order valence-electron chi connectivity index (χ3n) is 5.11. The van der Waals surface area contributed by atoms with E-state index in [0.29, 0.717) is 17.4 Å². The Morgan fingerprint density at radius 2 is 2.09 bits per heavy atom. The molecule has 6 heteroatoms. The number of carboxylic acid groups (broad SMARTS) is 1. The van der Waals surface area contributed by atoms with Gasteiger partial charge in [0.1, 0.15) is 12.4 Å². The fraction of sp³-hybridized carbons (Fsp3) is 0.423. The molecule has 4 nitrogen and oxygen atoms in total. The molecule has 0 bridgehead atoms. The molecule has 0 amide bonds. The maximum atomic E-state index is 11.5. The molecular formula is C26H34ClNO3S. The summed E-state index contributed by atoms with van der Waals surface area (Å²) in [6, 6.07) is 13.1. The zero-order chi connectivity index (χ0) is 23.3. The Kier molecular flexibility index (Phi) is 11.5. The number of carbonyl (C=O) groups is 1. The highest BCUT2D eigenvalue weighted by Gasteiger charge is 2.24. The van der Waals surface area contributed by atoms with Crippen molar-refractivity contribution in [2.75, 3.05) is 30.3 Å². The lowest BCUT2D eigenvalue weighted by molar-refractivity contribution is 0.0697. The normalized spacial score (nSPS) is 15.0. The Bertz CT molecular complexity index is 874. The highest BCUT2D eigenvalue weighted by Crippen LogP contribution is 2.34. The second kappa shape index (κ2) is 14.1. The lowest BCUT2D eigenvalue weighted by Crippen LogP contribution is -2.32. The first-order chi connectivity index (χ1) is 15.6. The molecule has 2 aromatic rings. The average molecular weight is 476 g/mol. The number of benzene rings is 2. The predicted octanol–water partition coefficient (Wildman–Crippen LogP) is 6.96. The minimum Gasteiger partial charge on any atom is -0.490 e. The van der Waals surface area contributed by atoms with E-state index < -0.39 is 5.97 Å². The van der Waals surface area contributed by atoms with Gasteiger partial charge in [0.2, 0.25) is 0 Å². The number of unbranched alkanes of at least 4 members (excludes halogenated alkanes) is 2. The Labute approximate surface area is 201 Å². The molecule has 3 rings (SSSR count). The van der Waals surface area contributed by atoms with Crippen molar-refractivity contribution in [2.45, 2.75) is 44.8 Å². The minimum absolute atomic E-state index is 0.292. The quantitative estimate of drug-likeness (QED) is 0.297. The summed E-state index contributed by atoms with van der Waals surface area (Å²) in [6.07, 6.45) is 5.99. The zero-order valence-corrected chi connectivity index (χ0v) is 20.6. The van der Waals surface area contributed by atoms with E-state index in [4.69, 9.17) is 16.3 Å². The van der Waals surface area contributed by atoms with Crippen LogP contribution in [0.15, 0.2) is 55.1 Å². The van der Waals surface area contributed by atoms with E-state index in [1.165, 1.54) is 5.56 Å². The van der Waals surface area contributed by atoms with Crippen molar-refractivity contribution in [2.24, 2.45) is 0 Å². The Hall–Kier alpha value is -2.11. The second-order valence-electron chi connectivity index (χ2n) is 7.40. The lowest BCUT2D eigenvalue weighted by atomic mass is 10.1. The smallest absolute Gasteiger partial charge is 0.335 e. The molecule has 0 radical (unpaired) electrons. The number of nitrogens with zero attached hydrogens (tertiary/aromatic N) is 1. The number of carboxylic acids is 1. The minimum atomic E-state index is -0.916.